The summed E-state index contributed by atoms with van der Waals surface area (Å²) in [6.07, 6.45) is -5.05. The molecule has 0 atom stereocenters. The van der Waals surface area contributed by atoms with Gasteiger partial charge < -0.3 is 20.5 Å². The first kappa shape index (κ1) is 24.4. The van der Waals surface area contributed by atoms with Gasteiger partial charge in [0.15, 0.2) is 5.82 Å². The van der Waals surface area contributed by atoms with Gasteiger partial charge in [-0.25, -0.2) is 8.78 Å². The molecule has 0 aliphatic heterocycles. The highest BCUT2D eigenvalue weighted by atomic mass is 32.1. The Hall–Kier alpha value is -3.76. The van der Waals surface area contributed by atoms with Crippen molar-refractivity contribution in [3.05, 3.63) is 41.0 Å². The summed E-state index contributed by atoms with van der Waals surface area (Å²) in [5, 5.41) is 18.2. The van der Waals surface area contributed by atoms with Crippen LogP contribution >= 0.6 is 11.3 Å². The van der Waals surface area contributed by atoms with Crippen LogP contribution in [0.1, 0.15) is 11.1 Å². The number of fused-ring (bicyclic) bond motifs is 2. The third-order valence-electron chi connectivity index (χ3n) is 5.37. The van der Waals surface area contributed by atoms with Crippen LogP contribution in [0.15, 0.2) is 18.2 Å². The van der Waals surface area contributed by atoms with Crippen molar-refractivity contribution in [3.63, 3.8) is 0 Å². The maximum absolute atomic E-state index is 16.0. The lowest BCUT2D eigenvalue weighted by Crippen LogP contribution is -2.23. The zero-order chi connectivity index (χ0) is 25.7. The zero-order valence-corrected chi connectivity index (χ0v) is 19.0. The maximum Gasteiger partial charge on any atom is 0.417 e. The summed E-state index contributed by atoms with van der Waals surface area (Å²) < 4.78 is 78.2. The number of hydrogen-bond donors (Lipinski definition) is 2. The van der Waals surface area contributed by atoms with E-state index < -0.39 is 34.5 Å². The van der Waals surface area contributed by atoms with Gasteiger partial charge in [-0.05, 0) is 17.7 Å². The normalized spacial score (nSPS) is 11.7. The van der Waals surface area contributed by atoms with E-state index in [2.05, 4.69) is 9.97 Å². The fraction of sp³-hybridized carbons (Fsp3) is 0.227. The third kappa shape index (κ3) is 3.94. The zero-order valence-electron chi connectivity index (χ0n) is 18.2. The van der Waals surface area contributed by atoms with Crippen molar-refractivity contribution in [2.75, 3.05) is 37.9 Å². The first-order valence-electron chi connectivity index (χ1n) is 9.91. The van der Waals surface area contributed by atoms with E-state index in [1.165, 1.54) is 19.1 Å². The van der Waals surface area contributed by atoms with E-state index in [4.69, 9.17) is 10.5 Å². The van der Waals surface area contributed by atoms with Crippen molar-refractivity contribution >= 4 is 43.1 Å². The van der Waals surface area contributed by atoms with E-state index in [1.54, 1.807) is 6.07 Å². The van der Waals surface area contributed by atoms with Gasteiger partial charge in [0.05, 0.1) is 29.5 Å². The van der Waals surface area contributed by atoms with E-state index in [1.807, 2.05) is 0 Å². The summed E-state index contributed by atoms with van der Waals surface area (Å²) in [7, 11) is 2.66. The number of anilines is 2. The number of methoxy groups -OCH3 is 1. The average molecular weight is 509 g/mol. The molecular formula is C22H16F5N5O2S. The lowest BCUT2D eigenvalue weighted by Gasteiger charge is -2.22. The molecule has 3 N–H and O–H groups in total. The number of aliphatic hydroxyl groups is 1. The molecule has 0 aliphatic rings. The molecule has 0 saturated heterocycles. The second-order valence-electron chi connectivity index (χ2n) is 7.44. The van der Waals surface area contributed by atoms with Crippen molar-refractivity contribution in [1.29, 1.82) is 5.26 Å². The Balaban J connectivity index is 2.21. The molecule has 4 rings (SSSR count). The van der Waals surface area contributed by atoms with Crippen molar-refractivity contribution in [3.8, 4) is 23.2 Å². The van der Waals surface area contributed by atoms with E-state index in [0.717, 1.165) is 12.1 Å². The number of aromatic nitrogens is 2. The highest BCUT2D eigenvalue weighted by Crippen LogP contribution is 2.47. The molecule has 2 heterocycles. The summed E-state index contributed by atoms with van der Waals surface area (Å²) >= 11 is 0.680. The number of hydrogen-bond acceptors (Lipinski definition) is 8. The minimum atomic E-state index is -5.05. The Morgan fingerprint density at radius 1 is 1.26 bits per heavy atom. The molecule has 35 heavy (non-hydrogen) atoms. The van der Waals surface area contributed by atoms with Crippen LogP contribution in [0, 0.1) is 23.0 Å². The van der Waals surface area contributed by atoms with Crippen LogP contribution in [0.3, 0.4) is 0 Å². The Bertz CT molecular complexity index is 1510. The van der Waals surface area contributed by atoms with Crippen molar-refractivity contribution in [1.82, 2.24) is 9.97 Å². The number of rotatable bonds is 5. The monoisotopic (exact) mass is 509 g/mol. The fourth-order valence-corrected chi connectivity index (χ4v) is 4.77. The topological polar surface area (TPSA) is 108 Å². The Kier molecular flexibility index (Phi) is 6.12. The number of benzene rings is 2. The van der Waals surface area contributed by atoms with Gasteiger partial charge in [-0.2, -0.15) is 28.4 Å². The van der Waals surface area contributed by atoms with Crippen LogP contribution in [0.2, 0.25) is 0 Å². The highest BCUT2D eigenvalue weighted by Gasteiger charge is 2.38. The van der Waals surface area contributed by atoms with E-state index in [9.17, 15) is 27.9 Å². The predicted octanol–water partition coefficient (Wildman–Crippen LogP) is 4.70. The van der Waals surface area contributed by atoms with Gasteiger partial charge in [-0.3, -0.25) is 0 Å². The minimum Gasteiger partial charge on any atom is -0.467 e. The maximum atomic E-state index is 16.0. The van der Waals surface area contributed by atoms with Crippen molar-refractivity contribution in [2.24, 2.45) is 0 Å². The number of likely N-dealkylation sites (N-methyl/N-ethyl adjacent to an activating group) is 1. The molecule has 0 saturated carbocycles. The lowest BCUT2D eigenvalue weighted by atomic mass is 9.92. The molecule has 4 aromatic rings. The predicted molar refractivity (Wildman–Crippen MR) is 121 cm³/mol. The number of aliphatic hydroxyl groups excluding tert-OH is 1. The lowest BCUT2D eigenvalue weighted by molar-refractivity contribution is -0.137. The number of nitrogen functional groups attached to an aromatic ring is 1. The van der Waals surface area contributed by atoms with Gasteiger partial charge in [0.25, 0.3) is 0 Å². The summed E-state index contributed by atoms with van der Waals surface area (Å²) in [4.78, 5) is 9.29. The second-order valence-corrected chi connectivity index (χ2v) is 8.49. The molecule has 7 nitrogen and oxygen atoms in total. The first-order chi connectivity index (χ1) is 16.5. The number of alkyl halides is 3. The average Bonchev–Trinajstić information content (AvgIpc) is 3.15. The summed E-state index contributed by atoms with van der Waals surface area (Å²) in [5.41, 5.74) is 2.41. The van der Waals surface area contributed by atoms with E-state index in [0.29, 0.717) is 17.4 Å². The summed E-state index contributed by atoms with van der Waals surface area (Å²) in [5.74, 6) is -2.28. The van der Waals surface area contributed by atoms with Gasteiger partial charge in [0.2, 0.25) is 0 Å². The molecule has 13 heteroatoms. The minimum absolute atomic E-state index is 0.0156. The molecule has 0 radical (unpaired) electrons. The number of nitrogens with zero attached hydrogens (tertiary/aromatic N) is 4. The van der Waals surface area contributed by atoms with Crippen LogP contribution < -0.4 is 15.4 Å². The number of nitriles is 1. The Labute approximate surface area is 198 Å². The smallest absolute Gasteiger partial charge is 0.417 e. The van der Waals surface area contributed by atoms with Crippen LogP contribution in [0.4, 0.5) is 32.8 Å². The number of halogens is 5. The largest absolute Gasteiger partial charge is 0.467 e. The Morgan fingerprint density at radius 2 is 1.97 bits per heavy atom. The van der Waals surface area contributed by atoms with Gasteiger partial charge in [0.1, 0.15) is 28.2 Å². The number of nitrogens with two attached hydrogens (primary N) is 1. The molecule has 0 fully saturated rings. The standard InChI is InChI=1S/C22H16F5N5O2S/c1-32(5-6-33)20-10-7-12(22(25,26)27)15(16(24)17(10)30-21(31-20)34-2)9-3-4-13(23)18-14(9)11(8-28)19(29)35-18/h3-4,7,33H,5-6,29H2,1-2H3. The molecule has 0 unspecified atom stereocenters. The SMILES string of the molecule is COc1nc(N(C)CCO)c2cc(C(F)(F)F)c(-c3ccc(F)c4sc(N)c(C#N)c34)c(F)c2n1. The molecule has 0 bridgehead atoms. The Morgan fingerprint density at radius 3 is 2.57 bits per heavy atom. The molecule has 2 aromatic carbocycles. The molecular weight excluding hydrogens is 493 g/mol. The fourth-order valence-electron chi connectivity index (χ4n) is 3.82. The van der Waals surface area contributed by atoms with Gasteiger partial charge in [-0.1, -0.05) is 6.07 Å². The van der Waals surface area contributed by atoms with Crippen LogP contribution in [0.25, 0.3) is 32.1 Å². The highest BCUT2D eigenvalue weighted by molar-refractivity contribution is 7.23. The van der Waals surface area contributed by atoms with E-state index >= 15 is 4.39 Å². The number of thiophene rings is 1. The molecule has 2 aromatic heterocycles. The van der Waals surface area contributed by atoms with Gasteiger partial charge >= 0.3 is 12.2 Å². The third-order valence-corrected chi connectivity index (χ3v) is 6.40. The quantitative estimate of drug-likeness (QED) is 0.376. The van der Waals surface area contributed by atoms with Crippen LogP contribution in [0.5, 0.6) is 6.01 Å². The molecule has 0 amide bonds. The van der Waals surface area contributed by atoms with Gasteiger partial charge in [-0.15, -0.1) is 11.3 Å². The molecule has 182 valence electrons. The second kappa shape index (κ2) is 8.79. The molecule has 0 aliphatic carbocycles. The van der Waals surface area contributed by atoms with Gasteiger partial charge in [0, 0.05) is 29.9 Å². The van der Waals surface area contributed by atoms with Crippen LogP contribution in [-0.2, 0) is 6.18 Å². The summed E-state index contributed by atoms with van der Waals surface area (Å²) in [6, 6.07) is 4.00. The van der Waals surface area contributed by atoms with Crippen molar-refractivity contribution < 1.29 is 31.8 Å². The van der Waals surface area contributed by atoms with Crippen LogP contribution in [-0.4, -0.2) is 42.4 Å². The molecule has 0 spiro atoms. The first-order valence-corrected chi connectivity index (χ1v) is 10.7. The number of ether oxygens (including phenoxy) is 1. The van der Waals surface area contributed by atoms with Crippen molar-refractivity contribution in [2.45, 2.75) is 6.18 Å². The van der Waals surface area contributed by atoms with E-state index in [-0.39, 0.29) is 56.6 Å². The summed E-state index contributed by atoms with van der Waals surface area (Å²) in [6.45, 7) is -0.362.